The number of nitrogens with two attached hydrogens (primary N) is 1. The van der Waals surface area contributed by atoms with Crippen molar-refractivity contribution in [3.05, 3.63) is 35.4 Å². The van der Waals surface area contributed by atoms with Crippen molar-refractivity contribution in [3.63, 3.8) is 0 Å². The molecule has 1 aromatic carbocycles. The minimum atomic E-state index is 0. The number of morpholine rings is 1. The lowest BCUT2D eigenvalue weighted by atomic mass is 10.1. The van der Waals surface area contributed by atoms with Crippen molar-refractivity contribution in [1.82, 2.24) is 10.2 Å². The van der Waals surface area contributed by atoms with E-state index >= 15 is 0 Å². The number of amides is 1. The van der Waals surface area contributed by atoms with E-state index in [0.29, 0.717) is 19.1 Å². The number of ether oxygens (including phenoxy) is 1. The molecule has 5 nitrogen and oxygen atoms in total. The third-order valence-electron chi connectivity index (χ3n) is 4.57. The standard InChI is InChI=1S/C20H33N3O2.2ClH/c1-17-15-23(11-12-25-17)16-19-8-6-7-18(13-19)14-22-20(24)9-4-2-3-5-10-21;;/h6-8,13,17H,2-5,9-12,14-16,21H2,1H3,(H,22,24);2*1H. The minimum Gasteiger partial charge on any atom is -0.376 e. The molecule has 1 atom stereocenters. The average Bonchev–Trinajstić information content (AvgIpc) is 2.60. The lowest BCUT2D eigenvalue weighted by Gasteiger charge is -2.31. The molecule has 3 N–H and O–H groups in total. The molecule has 0 aliphatic carbocycles. The number of nitrogens with one attached hydrogen (secondary N) is 1. The Kier molecular flexibility index (Phi) is 14.6. The van der Waals surface area contributed by atoms with Crippen LogP contribution in [0.2, 0.25) is 0 Å². The Bertz CT molecular complexity index is 532. The molecule has 0 aromatic heterocycles. The molecule has 1 aliphatic heterocycles. The molecule has 1 aliphatic rings. The number of nitrogens with zero attached hydrogens (tertiary/aromatic N) is 1. The number of hydrogen-bond donors (Lipinski definition) is 2. The molecule has 2 rings (SSSR count). The second-order valence-electron chi connectivity index (χ2n) is 6.97. The molecule has 1 saturated heterocycles. The maximum atomic E-state index is 11.9. The van der Waals surface area contributed by atoms with Crippen molar-refractivity contribution in [2.75, 3.05) is 26.2 Å². The fourth-order valence-corrected chi connectivity index (χ4v) is 3.20. The van der Waals surface area contributed by atoms with Gasteiger partial charge in [0.2, 0.25) is 5.91 Å². The Balaban J connectivity index is 0.00000338. The Morgan fingerprint density at radius 2 is 1.96 bits per heavy atom. The molecule has 0 radical (unpaired) electrons. The second-order valence-corrected chi connectivity index (χ2v) is 6.97. The van der Waals surface area contributed by atoms with Gasteiger partial charge in [-0.3, -0.25) is 9.69 Å². The van der Waals surface area contributed by atoms with Gasteiger partial charge < -0.3 is 15.8 Å². The largest absolute Gasteiger partial charge is 0.376 e. The number of carbonyl (C=O) groups is 1. The molecule has 1 fully saturated rings. The van der Waals surface area contributed by atoms with Crippen LogP contribution in [-0.4, -0.2) is 43.2 Å². The fourth-order valence-electron chi connectivity index (χ4n) is 3.20. The lowest BCUT2D eigenvalue weighted by molar-refractivity contribution is -0.121. The summed E-state index contributed by atoms with van der Waals surface area (Å²) in [5.74, 6) is 0.139. The first-order valence-corrected chi connectivity index (χ1v) is 9.56. The summed E-state index contributed by atoms with van der Waals surface area (Å²) >= 11 is 0. The topological polar surface area (TPSA) is 67.6 Å². The van der Waals surface area contributed by atoms with Gasteiger partial charge in [0.15, 0.2) is 0 Å². The second kappa shape index (κ2) is 15.1. The number of unbranched alkanes of at least 4 members (excludes halogenated alkanes) is 3. The Labute approximate surface area is 176 Å². The van der Waals surface area contributed by atoms with Gasteiger partial charge in [-0.1, -0.05) is 37.1 Å². The third-order valence-corrected chi connectivity index (χ3v) is 4.57. The first-order chi connectivity index (χ1) is 12.2. The highest BCUT2D eigenvalue weighted by Crippen LogP contribution is 2.12. The van der Waals surface area contributed by atoms with Crippen molar-refractivity contribution in [3.8, 4) is 0 Å². The van der Waals surface area contributed by atoms with Gasteiger partial charge in [0.1, 0.15) is 0 Å². The van der Waals surface area contributed by atoms with Crippen LogP contribution in [-0.2, 0) is 22.6 Å². The van der Waals surface area contributed by atoms with Gasteiger partial charge in [-0.05, 0) is 37.4 Å². The van der Waals surface area contributed by atoms with Gasteiger partial charge in [-0.25, -0.2) is 0 Å². The monoisotopic (exact) mass is 419 g/mol. The lowest BCUT2D eigenvalue weighted by Crippen LogP contribution is -2.40. The van der Waals surface area contributed by atoms with Crippen molar-refractivity contribution in [1.29, 1.82) is 0 Å². The molecule has 1 aromatic rings. The zero-order chi connectivity index (χ0) is 17.9. The highest BCUT2D eigenvalue weighted by Gasteiger charge is 2.16. The van der Waals surface area contributed by atoms with E-state index in [1.54, 1.807) is 0 Å². The Hall–Kier alpha value is -0.850. The smallest absolute Gasteiger partial charge is 0.220 e. The molecule has 7 heteroatoms. The SMILES string of the molecule is CC1CN(Cc2cccc(CNC(=O)CCCCCCN)c2)CCO1.Cl.Cl. The zero-order valence-corrected chi connectivity index (χ0v) is 18.0. The Morgan fingerprint density at radius 3 is 2.70 bits per heavy atom. The third kappa shape index (κ3) is 10.9. The zero-order valence-electron chi connectivity index (χ0n) is 16.3. The first-order valence-electron chi connectivity index (χ1n) is 9.56. The predicted octanol–water partition coefficient (Wildman–Crippen LogP) is 3.28. The van der Waals surface area contributed by atoms with E-state index in [0.717, 1.165) is 64.0 Å². The average molecular weight is 420 g/mol. The summed E-state index contributed by atoms with van der Waals surface area (Å²) < 4.78 is 5.59. The van der Waals surface area contributed by atoms with Crippen LogP contribution >= 0.6 is 24.8 Å². The van der Waals surface area contributed by atoms with E-state index in [4.69, 9.17) is 10.5 Å². The molecular formula is C20H35Cl2N3O2. The van der Waals surface area contributed by atoms with Gasteiger partial charge in [0, 0.05) is 32.6 Å². The van der Waals surface area contributed by atoms with Crippen LogP contribution < -0.4 is 11.1 Å². The van der Waals surface area contributed by atoms with Crippen LogP contribution in [0.1, 0.15) is 50.2 Å². The van der Waals surface area contributed by atoms with Gasteiger partial charge >= 0.3 is 0 Å². The molecule has 27 heavy (non-hydrogen) atoms. The van der Waals surface area contributed by atoms with Gasteiger partial charge in [-0.15, -0.1) is 24.8 Å². The maximum Gasteiger partial charge on any atom is 0.220 e. The molecular weight excluding hydrogens is 385 g/mol. The molecule has 0 bridgehead atoms. The van der Waals surface area contributed by atoms with Crippen molar-refractivity contribution < 1.29 is 9.53 Å². The fraction of sp³-hybridized carbons (Fsp3) is 0.650. The van der Waals surface area contributed by atoms with Crippen LogP contribution in [0.5, 0.6) is 0 Å². The summed E-state index contributed by atoms with van der Waals surface area (Å²) in [4.78, 5) is 14.4. The van der Waals surface area contributed by atoms with Crippen molar-refractivity contribution >= 4 is 30.7 Å². The highest BCUT2D eigenvalue weighted by molar-refractivity contribution is 5.85. The number of hydrogen-bond acceptors (Lipinski definition) is 4. The van der Waals surface area contributed by atoms with Crippen molar-refractivity contribution in [2.24, 2.45) is 5.73 Å². The number of halogens is 2. The summed E-state index contributed by atoms with van der Waals surface area (Å²) in [6.45, 7) is 7.18. The van der Waals surface area contributed by atoms with E-state index < -0.39 is 0 Å². The molecule has 0 saturated carbocycles. The van der Waals surface area contributed by atoms with Crippen LogP contribution in [0.25, 0.3) is 0 Å². The van der Waals surface area contributed by atoms with Gasteiger partial charge in [0.25, 0.3) is 0 Å². The van der Waals surface area contributed by atoms with Crippen LogP contribution in [0.4, 0.5) is 0 Å². The molecule has 1 heterocycles. The van der Waals surface area contributed by atoms with Crippen molar-refractivity contribution in [2.45, 2.75) is 58.2 Å². The van der Waals surface area contributed by atoms with E-state index in [1.807, 2.05) is 0 Å². The maximum absolute atomic E-state index is 11.9. The van der Waals surface area contributed by atoms with Crippen LogP contribution in [0.15, 0.2) is 24.3 Å². The number of rotatable bonds is 10. The summed E-state index contributed by atoms with van der Waals surface area (Å²) in [7, 11) is 0. The summed E-state index contributed by atoms with van der Waals surface area (Å²) in [5.41, 5.74) is 7.93. The predicted molar refractivity (Wildman–Crippen MR) is 116 cm³/mol. The molecule has 156 valence electrons. The van der Waals surface area contributed by atoms with E-state index in [9.17, 15) is 4.79 Å². The van der Waals surface area contributed by atoms with E-state index in [1.165, 1.54) is 5.56 Å². The summed E-state index contributed by atoms with van der Waals surface area (Å²) in [6.07, 6.45) is 5.11. The van der Waals surface area contributed by atoms with Crippen LogP contribution in [0.3, 0.4) is 0 Å². The normalized spacial score (nSPS) is 16.9. The van der Waals surface area contributed by atoms with Gasteiger partial charge in [-0.2, -0.15) is 0 Å². The number of benzene rings is 1. The molecule has 1 amide bonds. The van der Waals surface area contributed by atoms with Gasteiger partial charge in [0.05, 0.1) is 12.7 Å². The van der Waals surface area contributed by atoms with E-state index in [2.05, 4.69) is 41.4 Å². The summed E-state index contributed by atoms with van der Waals surface area (Å²) in [6, 6.07) is 8.50. The highest BCUT2D eigenvalue weighted by atomic mass is 35.5. The van der Waals surface area contributed by atoms with Crippen LogP contribution in [0, 0.1) is 0 Å². The Morgan fingerprint density at radius 1 is 1.22 bits per heavy atom. The number of carbonyl (C=O) groups excluding carboxylic acids is 1. The van der Waals surface area contributed by atoms with E-state index in [-0.39, 0.29) is 30.7 Å². The molecule has 0 spiro atoms. The first kappa shape index (κ1) is 26.1. The molecule has 1 unspecified atom stereocenters. The minimum absolute atomic E-state index is 0. The summed E-state index contributed by atoms with van der Waals surface area (Å²) in [5, 5.41) is 3.03. The quantitative estimate of drug-likeness (QED) is 0.570.